The molecule has 1 aliphatic heterocycles. The molecule has 1 N–H and O–H groups in total. The quantitative estimate of drug-likeness (QED) is 0.876. The van der Waals surface area contributed by atoms with Crippen molar-refractivity contribution in [2.24, 2.45) is 0 Å². The van der Waals surface area contributed by atoms with Gasteiger partial charge in [0.05, 0.1) is 7.11 Å². The molecule has 1 saturated heterocycles. The molecule has 0 aliphatic carbocycles. The average Bonchev–Trinajstić information content (AvgIpc) is 2.72. The molecule has 1 amide bonds. The highest BCUT2D eigenvalue weighted by Gasteiger charge is 2.21. The Kier molecular flexibility index (Phi) is 6.05. The molecule has 0 saturated carbocycles. The number of carbonyl (C=O) groups is 1. The molecule has 0 radical (unpaired) electrons. The Bertz CT molecular complexity index is 445. The summed E-state index contributed by atoms with van der Waals surface area (Å²) in [7, 11) is 1.67. The maximum absolute atomic E-state index is 12.2. The van der Waals surface area contributed by atoms with Crippen LogP contribution in [0.1, 0.15) is 44.2 Å². The second kappa shape index (κ2) is 8.03. The number of benzene rings is 1. The van der Waals surface area contributed by atoms with Crippen molar-refractivity contribution < 1.29 is 9.53 Å². The van der Waals surface area contributed by atoms with E-state index in [1.165, 1.54) is 5.56 Å². The van der Waals surface area contributed by atoms with Crippen molar-refractivity contribution >= 4 is 5.91 Å². The first-order valence-electron chi connectivity index (χ1n) is 7.89. The van der Waals surface area contributed by atoms with Gasteiger partial charge in [0.15, 0.2) is 0 Å². The largest absolute Gasteiger partial charge is 0.497 e. The van der Waals surface area contributed by atoms with Gasteiger partial charge in [-0.15, -0.1) is 0 Å². The third-order valence-electron chi connectivity index (χ3n) is 4.04. The van der Waals surface area contributed by atoms with Crippen molar-refractivity contribution in [2.75, 3.05) is 26.7 Å². The zero-order valence-electron chi connectivity index (χ0n) is 13.1. The number of likely N-dealkylation sites (N-methyl/N-ethyl adjacent to an activating group) is 1. The third kappa shape index (κ3) is 4.46. The molecule has 0 bridgehead atoms. The molecule has 4 nitrogen and oxygen atoms in total. The van der Waals surface area contributed by atoms with Gasteiger partial charge in [-0.1, -0.05) is 25.5 Å². The molecule has 1 unspecified atom stereocenters. The molecule has 1 heterocycles. The Morgan fingerprint density at radius 2 is 2.00 bits per heavy atom. The average molecular weight is 290 g/mol. The maximum Gasteiger partial charge on any atom is 0.222 e. The van der Waals surface area contributed by atoms with Crippen LogP contribution in [0.25, 0.3) is 0 Å². The fourth-order valence-electron chi connectivity index (χ4n) is 2.82. The van der Waals surface area contributed by atoms with Gasteiger partial charge in [0.2, 0.25) is 5.91 Å². The first-order chi connectivity index (χ1) is 10.2. The molecule has 1 atom stereocenters. The number of nitrogens with zero attached hydrogens (tertiary/aromatic N) is 1. The minimum absolute atomic E-state index is 0.183. The van der Waals surface area contributed by atoms with Gasteiger partial charge in [-0.2, -0.15) is 0 Å². The fraction of sp³-hybridized carbons (Fsp3) is 0.588. The van der Waals surface area contributed by atoms with Crippen molar-refractivity contribution in [1.82, 2.24) is 10.2 Å². The van der Waals surface area contributed by atoms with Crippen LogP contribution in [0.5, 0.6) is 5.75 Å². The third-order valence-corrected chi connectivity index (χ3v) is 4.04. The van der Waals surface area contributed by atoms with Gasteiger partial charge in [-0.25, -0.2) is 0 Å². The molecule has 4 heteroatoms. The lowest BCUT2D eigenvalue weighted by atomic mass is 10.1. The summed E-state index contributed by atoms with van der Waals surface area (Å²) in [6.45, 7) is 4.62. The van der Waals surface area contributed by atoms with Crippen molar-refractivity contribution in [3.8, 4) is 5.75 Å². The smallest absolute Gasteiger partial charge is 0.222 e. The van der Waals surface area contributed by atoms with Crippen LogP contribution in [0.2, 0.25) is 0 Å². The SMILES string of the molecule is CCNC(CN1CCCCCC1=O)c1ccc(OC)cc1. The second-order valence-corrected chi connectivity index (χ2v) is 5.53. The summed E-state index contributed by atoms with van der Waals surface area (Å²) in [5.41, 5.74) is 1.20. The predicted octanol–water partition coefficient (Wildman–Crippen LogP) is 2.75. The highest BCUT2D eigenvalue weighted by atomic mass is 16.5. The minimum atomic E-state index is 0.183. The van der Waals surface area contributed by atoms with Gasteiger partial charge in [0, 0.05) is 25.6 Å². The number of carbonyl (C=O) groups excluding carboxylic acids is 1. The van der Waals surface area contributed by atoms with Crippen molar-refractivity contribution in [3.05, 3.63) is 29.8 Å². The van der Waals surface area contributed by atoms with Gasteiger partial charge >= 0.3 is 0 Å². The van der Waals surface area contributed by atoms with Crippen LogP contribution in [-0.2, 0) is 4.79 Å². The number of nitrogens with one attached hydrogen (secondary N) is 1. The number of hydrogen-bond acceptors (Lipinski definition) is 3. The van der Waals surface area contributed by atoms with E-state index in [9.17, 15) is 4.79 Å². The summed E-state index contributed by atoms with van der Waals surface area (Å²) >= 11 is 0. The van der Waals surface area contributed by atoms with E-state index in [1.807, 2.05) is 17.0 Å². The second-order valence-electron chi connectivity index (χ2n) is 5.53. The van der Waals surface area contributed by atoms with Gasteiger partial charge in [-0.3, -0.25) is 4.79 Å². The van der Waals surface area contributed by atoms with E-state index in [0.717, 1.165) is 44.6 Å². The molecule has 0 aromatic heterocycles. The standard InChI is InChI=1S/C17H26N2O2/c1-3-18-16(14-8-10-15(21-2)11-9-14)13-19-12-6-4-5-7-17(19)20/h8-11,16,18H,3-7,12-13H2,1-2H3. The summed E-state index contributed by atoms with van der Waals surface area (Å²) in [5, 5.41) is 3.49. The lowest BCUT2D eigenvalue weighted by Crippen LogP contribution is -2.38. The zero-order chi connectivity index (χ0) is 15.1. The van der Waals surface area contributed by atoms with Crippen LogP contribution in [0.15, 0.2) is 24.3 Å². The van der Waals surface area contributed by atoms with Crippen molar-refractivity contribution in [1.29, 1.82) is 0 Å². The van der Waals surface area contributed by atoms with Crippen LogP contribution in [0.4, 0.5) is 0 Å². The van der Waals surface area contributed by atoms with Crippen LogP contribution in [0, 0.1) is 0 Å². The fourth-order valence-corrected chi connectivity index (χ4v) is 2.82. The number of hydrogen-bond donors (Lipinski definition) is 1. The van der Waals surface area contributed by atoms with E-state index in [4.69, 9.17) is 4.74 Å². The van der Waals surface area contributed by atoms with Crippen molar-refractivity contribution in [2.45, 2.75) is 38.6 Å². The summed E-state index contributed by atoms with van der Waals surface area (Å²) < 4.78 is 5.21. The van der Waals surface area contributed by atoms with E-state index in [0.29, 0.717) is 12.3 Å². The summed E-state index contributed by atoms with van der Waals surface area (Å²) in [6.07, 6.45) is 4.01. The van der Waals surface area contributed by atoms with Crippen LogP contribution >= 0.6 is 0 Å². The number of ether oxygens (including phenoxy) is 1. The normalized spacial score (nSPS) is 17.4. The molecule has 1 aliphatic rings. The summed E-state index contributed by atoms with van der Waals surface area (Å²) in [5.74, 6) is 1.16. The first-order valence-corrected chi connectivity index (χ1v) is 7.89. The van der Waals surface area contributed by atoms with Crippen molar-refractivity contribution in [3.63, 3.8) is 0 Å². The van der Waals surface area contributed by atoms with E-state index in [-0.39, 0.29) is 6.04 Å². The van der Waals surface area contributed by atoms with Gasteiger partial charge in [-0.05, 0) is 37.1 Å². The molecule has 1 aromatic rings. The van der Waals surface area contributed by atoms with Crippen LogP contribution < -0.4 is 10.1 Å². The maximum atomic E-state index is 12.2. The predicted molar refractivity (Wildman–Crippen MR) is 84.5 cm³/mol. The Morgan fingerprint density at radius 1 is 1.24 bits per heavy atom. The van der Waals surface area contributed by atoms with Crippen LogP contribution in [0.3, 0.4) is 0 Å². The molecule has 0 spiro atoms. The van der Waals surface area contributed by atoms with E-state index >= 15 is 0 Å². The summed E-state index contributed by atoms with van der Waals surface area (Å²) in [4.78, 5) is 14.2. The topological polar surface area (TPSA) is 41.6 Å². The number of amides is 1. The molecule has 2 rings (SSSR count). The number of rotatable bonds is 6. The zero-order valence-corrected chi connectivity index (χ0v) is 13.1. The van der Waals surface area contributed by atoms with E-state index in [2.05, 4.69) is 24.4 Å². The highest BCUT2D eigenvalue weighted by Crippen LogP contribution is 2.20. The van der Waals surface area contributed by atoms with Gasteiger partial charge < -0.3 is 15.0 Å². The van der Waals surface area contributed by atoms with Crippen LogP contribution in [-0.4, -0.2) is 37.6 Å². The number of likely N-dealkylation sites (tertiary alicyclic amines) is 1. The molecule has 21 heavy (non-hydrogen) atoms. The molecular weight excluding hydrogens is 264 g/mol. The van der Waals surface area contributed by atoms with Gasteiger partial charge in [0.1, 0.15) is 5.75 Å². The monoisotopic (exact) mass is 290 g/mol. The first kappa shape index (κ1) is 15.8. The minimum Gasteiger partial charge on any atom is -0.497 e. The lowest BCUT2D eigenvalue weighted by Gasteiger charge is -2.27. The molecule has 116 valence electrons. The number of methoxy groups -OCH3 is 1. The Labute approximate surface area is 127 Å². The molecular formula is C17H26N2O2. The van der Waals surface area contributed by atoms with Gasteiger partial charge in [0.25, 0.3) is 0 Å². The molecule has 1 aromatic carbocycles. The highest BCUT2D eigenvalue weighted by molar-refractivity contribution is 5.76. The lowest BCUT2D eigenvalue weighted by molar-refractivity contribution is -0.131. The Hall–Kier alpha value is -1.55. The summed E-state index contributed by atoms with van der Waals surface area (Å²) in [6, 6.07) is 8.29. The Balaban J connectivity index is 2.07. The van der Waals surface area contributed by atoms with E-state index < -0.39 is 0 Å². The van der Waals surface area contributed by atoms with E-state index in [1.54, 1.807) is 7.11 Å². The Morgan fingerprint density at radius 3 is 2.67 bits per heavy atom. The molecule has 1 fully saturated rings.